The van der Waals surface area contributed by atoms with Gasteiger partial charge in [-0.05, 0) is 47.3 Å². The minimum absolute atomic E-state index is 0.726. The van der Waals surface area contributed by atoms with Crippen LogP contribution in [0.3, 0.4) is 0 Å². The Labute approximate surface area is 123 Å². The van der Waals surface area contributed by atoms with Crippen LogP contribution in [0.25, 0.3) is 10.6 Å². The zero-order valence-corrected chi connectivity index (χ0v) is 12.9. The maximum absolute atomic E-state index is 6.00. The molecular formula is C11H11ClIN3S. The predicted octanol–water partition coefficient (Wildman–Crippen LogP) is 3.57. The maximum Gasteiger partial charge on any atom is 0.148 e. The first-order valence-corrected chi connectivity index (χ1v) is 7.46. The fourth-order valence-corrected chi connectivity index (χ4v) is 3.11. The fourth-order valence-electron chi connectivity index (χ4n) is 1.33. The smallest absolute Gasteiger partial charge is 0.148 e. The highest BCUT2D eigenvalue weighted by Gasteiger charge is 2.10. The molecule has 17 heavy (non-hydrogen) atoms. The van der Waals surface area contributed by atoms with Gasteiger partial charge in [-0.25, -0.2) is 0 Å². The van der Waals surface area contributed by atoms with Gasteiger partial charge in [-0.2, -0.15) is 0 Å². The molecule has 0 saturated heterocycles. The third-order valence-electron chi connectivity index (χ3n) is 2.15. The lowest BCUT2D eigenvalue weighted by atomic mass is 10.2. The second kappa shape index (κ2) is 6.08. The van der Waals surface area contributed by atoms with E-state index in [4.69, 9.17) is 11.6 Å². The van der Waals surface area contributed by atoms with Crippen molar-refractivity contribution >= 4 is 45.5 Å². The third kappa shape index (κ3) is 3.37. The average molecular weight is 380 g/mol. The van der Waals surface area contributed by atoms with Crippen LogP contribution in [0, 0.1) is 3.57 Å². The Morgan fingerprint density at radius 3 is 3.00 bits per heavy atom. The summed E-state index contributed by atoms with van der Waals surface area (Å²) in [6.07, 6.45) is 0. The molecule has 0 amide bonds. The highest BCUT2D eigenvalue weighted by molar-refractivity contribution is 14.1. The van der Waals surface area contributed by atoms with Gasteiger partial charge in [0.1, 0.15) is 10.0 Å². The van der Waals surface area contributed by atoms with Crippen LogP contribution >= 0.6 is 45.5 Å². The van der Waals surface area contributed by atoms with E-state index in [0.717, 1.165) is 37.3 Å². The van der Waals surface area contributed by atoms with Crippen LogP contribution in [0.1, 0.15) is 11.9 Å². The summed E-state index contributed by atoms with van der Waals surface area (Å²) in [5, 5.41) is 14.2. The zero-order chi connectivity index (χ0) is 12.3. The van der Waals surface area contributed by atoms with Gasteiger partial charge in [-0.3, -0.25) is 0 Å². The summed E-state index contributed by atoms with van der Waals surface area (Å²) in [7, 11) is 0. The third-order valence-corrected chi connectivity index (χ3v) is 4.28. The molecule has 0 fully saturated rings. The topological polar surface area (TPSA) is 37.8 Å². The van der Waals surface area contributed by atoms with Crippen LogP contribution in [-0.4, -0.2) is 16.7 Å². The number of aromatic nitrogens is 2. The monoisotopic (exact) mass is 379 g/mol. The zero-order valence-electron chi connectivity index (χ0n) is 9.20. The van der Waals surface area contributed by atoms with Crippen LogP contribution in [0.5, 0.6) is 0 Å². The Hall–Kier alpha value is -0.240. The Balaban J connectivity index is 2.27. The summed E-state index contributed by atoms with van der Waals surface area (Å²) in [5.41, 5.74) is 1.05. The summed E-state index contributed by atoms with van der Waals surface area (Å²) in [4.78, 5) is 0. The van der Waals surface area contributed by atoms with E-state index in [-0.39, 0.29) is 0 Å². The van der Waals surface area contributed by atoms with Gasteiger partial charge in [-0.1, -0.05) is 29.9 Å². The Bertz CT molecular complexity index is 515. The van der Waals surface area contributed by atoms with Gasteiger partial charge in [0.05, 0.1) is 0 Å². The molecule has 3 nitrogen and oxygen atoms in total. The van der Waals surface area contributed by atoms with Crippen LogP contribution in [0.4, 0.5) is 0 Å². The van der Waals surface area contributed by atoms with Crippen molar-refractivity contribution < 1.29 is 0 Å². The first-order chi connectivity index (χ1) is 8.20. The first kappa shape index (κ1) is 13.2. The van der Waals surface area contributed by atoms with Crippen molar-refractivity contribution in [3.63, 3.8) is 0 Å². The molecule has 2 aromatic rings. The molecule has 0 radical (unpaired) electrons. The number of hydrogen-bond donors (Lipinski definition) is 1. The maximum atomic E-state index is 6.00. The molecule has 0 aliphatic rings. The molecule has 0 aliphatic heterocycles. The van der Waals surface area contributed by atoms with Crippen molar-refractivity contribution in [3.8, 4) is 10.6 Å². The molecule has 0 saturated carbocycles. The van der Waals surface area contributed by atoms with Crippen LogP contribution in [-0.2, 0) is 6.54 Å². The SMILES string of the molecule is CCNCc1nnc(-c2cc(Cl)ccc2I)s1. The van der Waals surface area contributed by atoms with Crippen molar-refractivity contribution in [2.45, 2.75) is 13.5 Å². The summed E-state index contributed by atoms with van der Waals surface area (Å²) in [5.74, 6) is 0. The fraction of sp³-hybridized carbons (Fsp3) is 0.273. The molecule has 2 rings (SSSR count). The lowest BCUT2D eigenvalue weighted by Crippen LogP contribution is -2.11. The molecule has 0 spiro atoms. The molecule has 0 atom stereocenters. The van der Waals surface area contributed by atoms with Gasteiger partial charge in [0, 0.05) is 20.7 Å². The van der Waals surface area contributed by atoms with Gasteiger partial charge >= 0.3 is 0 Å². The minimum Gasteiger partial charge on any atom is -0.311 e. The van der Waals surface area contributed by atoms with Gasteiger partial charge in [0.15, 0.2) is 0 Å². The lowest BCUT2D eigenvalue weighted by molar-refractivity contribution is 0.715. The normalized spacial score (nSPS) is 10.8. The van der Waals surface area contributed by atoms with Crippen LogP contribution < -0.4 is 5.32 Å². The minimum atomic E-state index is 0.726. The first-order valence-electron chi connectivity index (χ1n) is 5.19. The number of hydrogen-bond acceptors (Lipinski definition) is 4. The number of halogens is 2. The van der Waals surface area contributed by atoms with Gasteiger partial charge < -0.3 is 5.32 Å². The Morgan fingerprint density at radius 1 is 1.41 bits per heavy atom. The van der Waals surface area contributed by atoms with E-state index in [9.17, 15) is 0 Å². The predicted molar refractivity (Wildman–Crippen MR) is 80.5 cm³/mol. The summed E-state index contributed by atoms with van der Waals surface area (Å²) < 4.78 is 1.14. The van der Waals surface area contributed by atoms with Crippen LogP contribution in [0.15, 0.2) is 18.2 Å². The van der Waals surface area contributed by atoms with Crippen molar-refractivity contribution in [2.24, 2.45) is 0 Å². The van der Waals surface area contributed by atoms with E-state index in [1.807, 2.05) is 18.2 Å². The largest absolute Gasteiger partial charge is 0.311 e. The van der Waals surface area contributed by atoms with Crippen molar-refractivity contribution in [2.75, 3.05) is 6.54 Å². The lowest BCUT2D eigenvalue weighted by Gasteiger charge is -2.00. The molecule has 0 aliphatic carbocycles. The molecule has 1 aromatic carbocycles. The average Bonchev–Trinajstić information content (AvgIpc) is 2.78. The number of rotatable bonds is 4. The summed E-state index contributed by atoms with van der Waals surface area (Å²) >= 11 is 9.88. The number of nitrogens with one attached hydrogen (secondary N) is 1. The quantitative estimate of drug-likeness (QED) is 0.825. The molecule has 0 unspecified atom stereocenters. The van der Waals surface area contributed by atoms with E-state index in [1.54, 1.807) is 11.3 Å². The molecule has 1 N–H and O–H groups in total. The van der Waals surface area contributed by atoms with Crippen LogP contribution in [0.2, 0.25) is 5.02 Å². The van der Waals surface area contributed by atoms with Crippen molar-refractivity contribution in [3.05, 3.63) is 31.8 Å². The van der Waals surface area contributed by atoms with E-state index in [0.29, 0.717) is 0 Å². The second-order valence-electron chi connectivity index (χ2n) is 3.41. The number of nitrogens with zero attached hydrogens (tertiary/aromatic N) is 2. The molecule has 1 aromatic heterocycles. The second-order valence-corrected chi connectivity index (χ2v) is 6.07. The highest BCUT2D eigenvalue weighted by atomic mass is 127. The summed E-state index contributed by atoms with van der Waals surface area (Å²) in [6, 6.07) is 5.80. The van der Waals surface area contributed by atoms with E-state index in [2.05, 4.69) is 45.0 Å². The van der Waals surface area contributed by atoms with E-state index >= 15 is 0 Å². The van der Waals surface area contributed by atoms with E-state index in [1.165, 1.54) is 0 Å². The number of benzene rings is 1. The molecule has 6 heteroatoms. The molecule has 0 bridgehead atoms. The van der Waals surface area contributed by atoms with Gasteiger partial charge in [0.25, 0.3) is 0 Å². The van der Waals surface area contributed by atoms with Gasteiger partial charge in [-0.15, -0.1) is 10.2 Å². The van der Waals surface area contributed by atoms with Crippen molar-refractivity contribution in [1.29, 1.82) is 0 Å². The highest BCUT2D eigenvalue weighted by Crippen LogP contribution is 2.30. The molecule has 90 valence electrons. The van der Waals surface area contributed by atoms with E-state index < -0.39 is 0 Å². The standard InChI is InChI=1S/C11H11ClIN3S/c1-2-14-6-10-15-16-11(17-10)8-5-7(12)3-4-9(8)13/h3-5,14H,2,6H2,1H3. The molecule has 1 heterocycles. The van der Waals surface area contributed by atoms with Gasteiger partial charge in [0.2, 0.25) is 0 Å². The van der Waals surface area contributed by atoms with Crippen molar-refractivity contribution in [1.82, 2.24) is 15.5 Å². The summed E-state index contributed by atoms with van der Waals surface area (Å²) in [6.45, 7) is 3.77. The Morgan fingerprint density at radius 2 is 2.24 bits per heavy atom. The molecular weight excluding hydrogens is 369 g/mol. The Kier molecular flexibility index (Phi) is 4.72.